The Morgan fingerprint density at radius 1 is 1.15 bits per heavy atom. The lowest BCUT2D eigenvalue weighted by atomic mass is 10.0. The zero-order valence-corrected chi connectivity index (χ0v) is 19.2. The number of rotatable bonds is 6. The lowest BCUT2D eigenvalue weighted by molar-refractivity contribution is 0.102. The van der Waals surface area contributed by atoms with E-state index in [1.165, 1.54) is 0 Å². The molecule has 0 radical (unpaired) electrons. The number of aromatic nitrogens is 2. The Labute approximate surface area is 201 Å². The smallest absolute Gasteiger partial charge is 0.257 e. The van der Waals surface area contributed by atoms with Crippen molar-refractivity contribution < 1.29 is 14.7 Å². The zero-order chi connectivity index (χ0) is 23.5. The van der Waals surface area contributed by atoms with Gasteiger partial charge in [-0.3, -0.25) is 9.78 Å². The first-order valence-corrected chi connectivity index (χ1v) is 11.7. The molecule has 8 heteroatoms. The SMILES string of the molecule is COc1ccc(C(=NO)c2cccc(NC(=O)c3ccn4c3CSC4c3cccnc3)c2)cc1. The van der Waals surface area contributed by atoms with E-state index in [1.807, 2.05) is 60.9 Å². The molecule has 0 saturated heterocycles. The standard InChI is InChI=1S/C26H22N4O3S/c1-33-21-9-7-17(8-10-21)24(29-32)18-4-2-6-20(14-18)28-25(31)22-11-13-30-23(22)16-34-26(30)19-5-3-12-27-15-19/h2-15,26,32H,16H2,1H3,(H,28,31). The predicted octanol–water partition coefficient (Wildman–Crippen LogP) is 5.16. The predicted molar refractivity (Wildman–Crippen MR) is 133 cm³/mol. The molecule has 0 aliphatic carbocycles. The summed E-state index contributed by atoms with van der Waals surface area (Å²) in [5.74, 6) is 1.28. The van der Waals surface area contributed by atoms with Crippen LogP contribution in [-0.4, -0.2) is 33.5 Å². The molecule has 7 nitrogen and oxygen atoms in total. The molecular formula is C26H22N4O3S. The number of nitrogens with one attached hydrogen (secondary N) is 1. The van der Waals surface area contributed by atoms with Gasteiger partial charge in [-0.25, -0.2) is 0 Å². The molecule has 1 aliphatic heterocycles. The Hall–Kier alpha value is -4.04. The van der Waals surface area contributed by atoms with E-state index < -0.39 is 0 Å². The minimum Gasteiger partial charge on any atom is -0.497 e. The number of fused-ring (bicyclic) bond motifs is 1. The van der Waals surface area contributed by atoms with Crippen LogP contribution in [0, 0.1) is 0 Å². The Bertz CT molecular complexity index is 1350. The summed E-state index contributed by atoms with van der Waals surface area (Å²) in [6.07, 6.45) is 5.58. The summed E-state index contributed by atoms with van der Waals surface area (Å²) < 4.78 is 7.33. The number of oxime groups is 1. The molecule has 34 heavy (non-hydrogen) atoms. The molecule has 2 N–H and O–H groups in total. The Kier molecular flexibility index (Phi) is 6.05. The number of hydrogen-bond donors (Lipinski definition) is 2. The van der Waals surface area contributed by atoms with Gasteiger partial charge in [0.25, 0.3) is 5.91 Å². The highest BCUT2D eigenvalue weighted by Crippen LogP contribution is 2.42. The van der Waals surface area contributed by atoms with Gasteiger partial charge >= 0.3 is 0 Å². The van der Waals surface area contributed by atoms with E-state index in [-0.39, 0.29) is 11.3 Å². The van der Waals surface area contributed by atoms with Crippen molar-refractivity contribution in [2.45, 2.75) is 11.1 Å². The van der Waals surface area contributed by atoms with E-state index in [0.717, 1.165) is 22.6 Å². The summed E-state index contributed by atoms with van der Waals surface area (Å²) in [5.41, 5.74) is 5.18. The molecule has 5 rings (SSSR count). The molecular weight excluding hydrogens is 448 g/mol. The Morgan fingerprint density at radius 3 is 2.74 bits per heavy atom. The first kappa shape index (κ1) is 21.8. The zero-order valence-electron chi connectivity index (χ0n) is 18.4. The van der Waals surface area contributed by atoms with Crippen LogP contribution in [0.25, 0.3) is 0 Å². The molecule has 1 atom stereocenters. The highest BCUT2D eigenvalue weighted by molar-refractivity contribution is 7.99. The highest BCUT2D eigenvalue weighted by atomic mass is 32.2. The van der Waals surface area contributed by atoms with Crippen molar-refractivity contribution >= 4 is 29.1 Å². The maximum absolute atomic E-state index is 13.1. The summed E-state index contributed by atoms with van der Waals surface area (Å²) >= 11 is 1.77. The molecule has 2 aromatic carbocycles. The molecule has 3 heterocycles. The van der Waals surface area contributed by atoms with Crippen molar-refractivity contribution in [2.24, 2.45) is 5.16 Å². The number of anilines is 1. The molecule has 0 spiro atoms. The monoisotopic (exact) mass is 470 g/mol. The summed E-state index contributed by atoms with van der Waals surface area (Å²) in [4.78, 5) is 17.3. The molecule has 4 aromatic rings. The summed E-state index contributed by atoms with van der Waals surface area (Å²) in [6.45, 7) is 0. The van der Waals surface area contributed by atoms with Crippen LogP contribution < -0.4 is 10.1 Å². The van der Waals surface area contributed by atoms with E-state index >= 15 is 0 Å². The van der Waals surface area contributed by atoms with Crippen LogP contribution in [0.3, 0.4) is 0 Å². The van der Waals surface area contributed by atoms with Crippen LogP contribution in [-0.2, 0) is 5.75 Å². The van der Waals surface area contributed by atoms with Crippen molar-refractivity contribution in [3.05, 3.63) is 113 Å². The van der Waals surface area contributed by atoms with E-state index in [1.54, 1.807) is 43.3 Å². The van der Waals surface area contributed by atoms with E-state index in [4.69, 9.17) is 4.74 Å². The summed E-state index contributed by atoms with van der Waals surface area (Å²) in [5, 5.41) is 16.3. The normalized spacial score (nSPS) is 15.1. The van der Waals surface area contributed by atoms with Gasteiger partial charge in [0.05, 0.1) is 12.7 Å². The Balaban J connectivity index is 1.36. The number of hydrogen-bond acceptors (Lipinski definition) is 6. The van der Waals surface area contributed by atoms with Gasteiger partial charge in [0.15, 0.2) is 0 Å². The molecule has 0 bridgehead atoms. The van der Waals surface area contributed by atoms with Crippen LogP contribution in [0.4, 0.5) is 5.69 Å². The van der Waals surface area contributed by atoms with Gasteiger partial charge < -0.3 is 19.8 Å². The third-order valence-corrected chi connectivity index (χ3v) is 6.98. The number of thioether (sulfide) groups is 1. The van der Waals surface area contributed by atoms with Gasteiger partial charge in [-0.2, -0.15) is 0 Å². The van der Waals surface area contributed by atoms with Gasteiger partial charge in [0.1, 0.15) is 16.8 Å². The van der Waals surface area contributed by atoms with E-state index in [9.17, 15) is 10.0 Å². The second-order valence-corrected chi connectivity index (χ2v) is 8.81. The van der Waals surface area contributed by atoms with Crippen LogP contribution in [0.1, 0.15) is 38.1 Å². The molecule has 1 amide bonds. The maximum Gasteiger partial charge on any atom is 0.257 e. The topological polar surface area (TPSA) is 88.7 Å². The average molecular weight is 471 g/mol. The number of amides is 1. The van der Waals surface area contributed by atoms with Gasteiger partial charge in [-0.05, 0) is 48.5 Å². The number of benzene rings is 2. The van der Waals surface area contributed by atoms with Crippen LogP contribution >= 0.6 is 11.8 Å². The first-order valence-electron chi connectivity index (χ1n) is 10.7. The van der Waals surface area contributed by atoms with Gasteiger partial charge in [-0.1, -0.05) is 23.4 Å². The molecule has 1 unspecified atom stereocenters. The number of nitrogens with zero attached hydrogens (tertiary/aromatic N) is 3. The number of ether oxygens (including phenoxy) is 1. The molecule has 0 fully saturated rings. The lowest BCUT2D eigenvalue weighted by Gasteiger charge is -2.12. The fraction of sp³-hybridized carbons (Fsp3) is 0.115. The number of carbonyl (C=O) groups excluding carboxylic acids is 1. The van der Waals surface area contributed by atoms with Crippen molar-refractivity contribution in [3.63, 3.8) is 0 Å². The number of pyridine rings is 1. The van der Waals surface area contributed by atoms with Crippen LogP contribution in [0.5, 0.6) is 5.75 Å². The largest absolute Gasteiger partial charge is 0.497 e. The summed E-state index contributed by atoms with van der Waals surface area (Å²) in [6, 6.07) is 20.3. The van der Waals surface area contributed by atoms with E-state index in [2.05, 4.69) is 20.0 Å². The van der Waals surface area contributed by atoms with E-state index in [0.29, 0.717) is 28.3 Å². The van der Waals surface area contributed by atoms with Crippen LogP contribution in [0.15, 0.2) is 90.5 Å². The second kappa shape index (κ2) is 9.44. The molecule has 2 aromatic heterocycles. The quantitative estimate of drug-likeness (QED) is 0.231. The Morgan fingerprint density at radius 2 is 2.00 bits per heavy atom. The minimum absolute atomic E-state index is 0.112. The van der Waals surface area contributed by atoms with Crippen molar-refractivity contribution in [2.75, 3.05) is 12.4 Å². The van der Waals surface area contributed by atoms with Gasteiger partial charge in [0, 0.05) is 52.4 Å². The third-order valence-electron chi connectivity index (χ3n) is 5.73. The number of methoxy groups -OCH3 is 1. The van der Waals surface area contributed by atoms with Gasteiger partial charge in [0.2, 0.25) is 0 Å². The molecule has 170 valence electrons. The van der Waals surface area contributed by atoms with Crippen molar-refractivity contribution in [1.82, 2.24) is 9.55 Å². The second-order valence-electron chi connectivity index (χ2n) is 7.75. The maximum atomic E-state index is 13.1. The number of carbonyl (C=O) groups is 1. The molecule has 0 saturated carbocycles. The van der Waals surface area contributed by atoms with Crippen molar-refractivity contribution in [1.29, 1.82) is 0 Å². The third kappa shape index (κ3) is 4.15. The summed E-state index contributed by atoms with van der Waals surface area (Å²) in [7, 11) is 1.60. The minimum atomic E-state index is -0.176. The fourth-order valence-electron chi connectivity index (χ4n) is 4.05. The van der Waals surface area contributed by atoms with Crippen LogP contribution in [0.2, 0.25) is 0 Å². The lowest BCUT2D eigenvalue weighted by Crippen LogP contribution is -2.14. The van der Waals surface area contributed by atoms with Crippen molar-refractivity contribution in [3.8, 4) is 5.75 Å². The molecule has 1 aliphatic rings. The fourth-order valence-corrected chi connectivity index (χ4v) is 5.36. The first-order chi connectivity index (χ1) is 16.7. The average Bonchev–Trinajstić information content (AvgIpc) is 3.48. The van der Waals surface area contributed by atoms with Gasteiger partial charge in [-0.15, -0.1) is 11.8 Å². The highest BCUT2D eigenvalue weighted by Gasteiger charge is 2.28.